The van der Waals surface area contributed by atoms with Crippen LogP contribution in [0.5, 0.6) is 0 Å². The summed E-state index contributed by atoms with van der Waals surface area (Å²) in [4.78, 5) is 0. The highest BCUT2D eigenvalue weighted by molar-refractivity contribution is 6.16. The van der Waals surface area contributed by atoms with Gasteiger partial charge in [0.15, 0.2) is 0 Å². The third kappa shape index (κ3) is 2.24. The van der Waals surface area contributed by atoms with Crippen molar-refractivity contribution < 1.29 is 0 Å². The summed E-state index contributed by atoms with van der Waals surface area (Å²) in [6.07, 6.45) is 8.56. The van der Waals surface area contributed by atoms with Gasteiger partial charge in [-0.25, -0.2) is 0 Å². The summed E-state index contributed by atoms with van der Waals surface area (Å²) < 4.78 is 2.38. The molecule has 0 N–H and O–H groups in total. The number of hydrogen-bond acceptors (Lipinski definition) is 0. The van der Waals surface area contributed by atoms with Crippen LogP contribution >= 0.6 is 0 Å². The van der Waals surface area contributed by atoms with Crippen molar-refractivity contribution in [2.45, 2.75) is 47.5 Å². The minimum Gasteiger partial charge on any atom is -0.347 e. The summed E-state index contributed by atoms with van der Waals surface area (Å²) in [5.41, 5.74) is 12.7. The molecular weight excluding hydrogens is 326 g/mol. The highest BCUT2D eigenvalue weighted by Gasteiger charge is 2.25. The van der Waals surface area contributed by atoms with Crippen molar-refractivity contribution in [1.29, 1.82) is 0 Å². The van der Waals surface area contributed by atoms with Gasteiger partial charge in [0.25, 0.3) is 0 Å². The van der Waals surface area contributed by atoms with Crippen LogP contribution in [-0.4, -0.2) is 4.57 Å². The van der Waals surface area contributed by atoms with E-state index in [9.17, 15) is 0 Å². The Labute approximate surface area is 162 Å². The van der Waals surface area contributed by atoms with Gasteiger partial charge in [-0.1, -0.05) is 43.9 Å². The molecule has 0 radical (unpaired) electrons. The summed E-state index contributed by atoms with van der Waals surface area (Å²) >= 11 is 0. The van der Waals surface area contributed by atoms with E-state index in [4.69, 9.17) is 0 Å². The number of fused-ring (bicyclic) bond motifs is 5. The van der Waals surface area contributed by atoms with E-state index in [-0.39, 0.29) is 0 Å². The number of rotatable bonds is 3. The van der Waals surface area contributed by atoms with Gasteiger partial charge in [0.05, 0.1) is 5.52 Å². The number of aromatic nitrogens is 1. The van der Waals surface area contributed by atoms with Gasteiger partial charge in [0.2, 0.25) is 0 Å². The molecule has 27 heavy (non-hydrogen) atoms. The van der Waals surface area contributed by atoms with E-state index in [1.165, 1.54) is 66.3 Å². The smallest absolute Gasteiger partial charge is 0.0524 e. The van der Waals surface area contributed by atoms with Gasteiger partial charge < -0.3 is 4.57 Å². The molecular formula is C26H29N. The van der Waals surface area contributed by atoms with Gasteiger partial charge >= 0.3 is 0 Å². The molecule has 1 aliphatic rings. The average Bonchev–Trinajstić information content (AvgIpc) is 3.15. The third-order valence-electron chi connectivity index (χ3n) is 6.62. The Kier molecular flexibility index (Phi) is 4.14. The van der Waals surface area contributed by atoms with Gasteiger partial charge in [-0.2, -0.15) is 0 Å². The number of benzene rings is 2. The Bertz CT molecular complexity index is 1180. The number of allylic oxidation sites excluding steroid dienone is 4. The normalized spacial score (nSPS) is 14.1. The van der Waals surface area contributed by atoms with Crippen molar-refractivity contribution in [3.8, 4) is 0 Å². The van der Waals surface area contributed by atoms with Gasteiger partial charge in [-0.3, -0.25) is 0 Å². The summed E-state index contributed by atoms with van der Waals surface area (Å²) in [5, 5.41) is 4.27. The zero-order chi connectivity index (χ0) is 19.5. The molecule has 2 aromatic carbocycles. The SMILES string of the molecule is C=CC1=C(CC)c2ccc3c(/C=C\C)c(C)c4c(c(C)c(C)n4C)c3c2C1. The Balaban J connectivity index is 2.28. The second-order valence-electron chi connectivity index (χ2n) is 7.78. The van der Waals surface area contributed by atoms with Crippen LogP contribution in [0.25, 0.3) is 33.3 Å². The van der Waals surface area contributed by atoms with Crippen molar-refractivity contribution >= 4 is 33.3 Å². The first-order valence-corrected chi connectivity index (χ1v) is 9.97. The molecule has 1 aromatic heterocycles. The molecule has 0 spiro atoms. The van der Waals surface area contributed by atoms with E-state index in [1.54, 1.807) is 0 Å². The first-order valence-electron chi connectivity index (χ1n) is 9.97. The maximum atomic E-state index is 4.09. The van der Waals surface area contributed by atoms with E-state index >= 15 is 0 Å². The monoisotopic (exact) mass is 355 g/mol. The molecule has 4 rings (SSSR count). The molecule has 1 aliphatic carbocycles. The average molecular weight is 356 g/mol. The Morgan fingerprint density at radius 3 is 2.48 bits per heavy atom. The maximum Gasteiger partial charge on any atom is 0.0524 e. The lowest BCUT2D eigenvalue weighted by Gasteiger charge is -2.16. The highest BCUT2D eigenvalue weighted by atomic mass is 14.9. The van der Waals surface area contributed by atoms with E-state index in [2.05, 4.69) is 83.2 Å². The van der Waals surface area contributed by atoms with Gasteiger partial charge in [0, 0.05) is 18.1 Å². The Morgan fingerprint density at radius 2 is 1.85 bits per heavy atom. The van der Waals surface area contributed by atoms with Crippen LogP contribution < -0.4 is 0 Å². The van der Waals surface area contributed by atoms with Crippen molar-refractivity contribution in [2.75, 3.05) is 0 Å². The molecule has 1 nitrogen and oxygen atoms in total. The lowest BCUT2D eigenvalue weighted by atomic mass is 9.88. The minimum atomic E-state index is 1.00. The van der Waals surface area contributed by atoms with E-state index in [0.717, 1.165) is 12.8 Å². The second-order valence-corrected chi connectivity index (χ2v) is 7.78. The third-order valence-corrected chi connectivity index (χ3v) is 6.62. The number of nitrogens with zero attached hydrogens (tertiary/aromatic N) is 1. The predicted molar refractivity (Wildman–Crippen MR) is 120 cm³/mol. The second kappa shape index (κ2) is 6.27. The van der Waals surface area contributed by atoms with E-state index in [0.29, 0.717) is 0 Å². The van der Waals surface area contributed by atoms with Crippen LogP contribution in [0.3, 0.4) is 0 Å². The van der Waals surface area contributed by atoms with Crippen LogP contribution in [0.15, 0.2) is 36.4 Å². The van der Waals surface area contributed by atoms with Crippen LogP contribution in [0, 0.1) is 20.8 Å². The zero-order valence-electron chi connectivity index (χ0n) is 17.5. The molecule has 0 bridgehead atoms. The zero-order valence-corrected chi connectivity index (χ0v) is 17.5. The molecule has 1 heterocycles. The standard InChI is InChI=1S/C26H29N/c1-8-11-20-16(5)26-24(15(4)17(6)27(26)7)25-22(20)13-12-21-19(10-3)18(9-2)14-23(21)25/h8-9,11-13H,2,10,14H2,1,3-7H3/b11-8-. The van der Waals surface area contributed by atoms with Gasteiger partial charge in [-0.15, -0.1) is 0 Å². The van der Waals surface area contributed by atoms with Gasteiger partial charge in [-0.05, 0) is 90.3 Å². The summed E-state index contributed by atoms with van der Waals surface area (Å²) in [5.74, 6) is 0. The summed E-state index contributed by atoms with van der Waals surface area (Å²) in [7, 11) is 2.21. The Hall–Kier alpha value is -2.54. The molecule has 0 atom stereocenters. The van der Waals surface area contributed by atoms with E-state index < -0.39 is 0 Å². The fourth-order valence-electron chi connectivity index (χ4n) is 5.11. The fraction of sp³-hybridized carbons (Fsp3) is 0.308. The Morgan fingerprint density at radius 1 is 1.11 bits per heavy atom. The summed E-state index contributed by atoms with van der Waals surface area (Å²) in [6.45, 7) is 15.2. The summed E-state index contributed by atoms with van der Waals surface area (Å²) in [6, 6.07) is 4.69. The lowest BCUT2D eigenvalue weighted by molar-refractivity contribution is 0.907. The van der Waals surface area contributed by atoms with Crippen LogP contribution in [0.2, 0.25) is 0 Å². The number of hydrogen-bond donors (Lipinski definition) is 0. The van der Waals surface area contributed by atoms with E-state index in [1.807, 2.05) is 0 Å². The first kappa shape index (κ1) is 17.9. The van der Waals surface area contributed by atoms with Crippen molar-refractivity contribution in [3.63, 3.8) is 0 Å². The molecule has 1 heteroatoms. The molecule has 0 unspecified atom stereocenters. The molecule has 138 valence electrons. The van der Waals surface area contributed by atoms with Crippen LogP contribution in [0.4, 0.5) is 0 Å². The van der Waals surface area contributed by atoms with Crippen molar-refractivity contribution in [3.05, 3.63) is 69.9 Å². The first-order chi connectivity index (χ1) is 13.0. The highest BCUT2D eigenvalue weighted by Crippen LogP contribution is 2.45. The minimum absolute atomic E-state index is 1.00. The molecule has 0 saturated carbocycles. The van der Waals surface area contributed by atoms with Crippen molar-refractivity contribution in [2.24, 2.45) is 7.05 Å². The van der Waals surface area contributed by atoms with Crippen LogP contribution in [-0.2, 0) is 13.5 Å². The van der Waals surface area contributed by atoms with Crippen LogP contribution in [0.1, 0.15) is 53.8 Å². The molecule has 0 amide bonds. The maximum absolute atomic E-state index is 4.09. The fourth-order valence-corrected chi connectivity index (χ4v) is 5.11. The molecule has 0 aliphatic heterocycles. The quantitative estimate of drug-likeness (QED) is 0.468. The number of aryl methyl sites for hydroxylation is 3. The molecule has 3 aromatic rings. The molecule has 0 fully saturated rings. The van der Waals surface area contributed by atoms with Crippen molar-refractivity contribution in [1.82, 2.24) is 4.57 Å². The lowest BCUT2D eigenvalue weighted by Crippen LogP contribution is -1.97. The van der Waals surface area contributed by atoms with Gasteiger partial charge in [0.1, 0.15) is 0 Å². The molecule has 0 saturated heterocycles. The topological polar surface area (TPSA) is 4.93 Å². The largest absolute Gasteiger partial charge is 0.347 e. The predicted octanol–water partition coefficient (Wildman–Crippen LogP) is 7.20.